The summed E-state index contributed by atoms with van der Waals surface area (Å²) in [5.74, 6) is 1.16. The summed E-state index contributed by atoms with van der Waals surface area (Å²) in [6.45, 7) is 3.89. The van der Waals surface area contributed by atoms with Crippen LogP contribution < -0.4 is 10.6 Å². The predicted molar refractivity (Wildman–Crippen MR) is 94.2 cm³/mol. The van der Waals surface area contributed by atoms with Gasteiger partial charge in [0, 0.05) is 48.0 Å². The maximum absolute atomic E-state index is 11.1. The van der Waals surface area contributed by atoms with E-state index < -0.39 is 0 Å². The second-order valence-corrected chi connectivity index (χ2v) is 7.17. The number of pyridine rings is 1. The minimum absolute atomic E-state index is 0.114. The van der Waals surface area contributed by atoms with Crippen LogP contribution in [0.25, 0.3) is 10.9 Å². The van der Waals surface area contributed by atoms with Crippen molar-refractivity contribution in [2.24, 2.45) is 17.6 Å². The Morgan fingerprint density at radius 2 is 2.12 bits per heavy atom. The molecule has 2 N–H and O–H groups in total. The Balaban J connectivity index is 1.78. The fourth-order valence-corrected chi connectivity index (χ4v) is 4.41. The highest BCUT2D eigenvalue weighted by Gasteiger charge is 2.39. The molecule has 126 valence electrons. The summed E-state index contributed by atoms with van der Waals surface area (Å²) in [6, 6.07) is 7.25. The smallest absolute Gasteiger partial charge is 0.270 e. The average Bonchev–Trinajstić information content (AvgIpc) is 2.99. The lowest BCUT2D eigenvalue weighted by atomic mass is 9.78. The number of nitrogens with two attached hydrogens (primary N) is 1. The summed E-state index contributed by atoms with van der Waals surface area (Å²) < 4.78 is 0. The van der Waals surface area contributed by atoms with Crippen molar-refractivity contribution in [2.75, 3.05) is 18.0 Å². The van der Waals surface area contributed by atoms with Crippen molar-refractivity contribution >= 4 is 22.3 Å². The maximum atomic E-state index is 11.1. The van der Waals surface area contributed by atoms with Gasteiger partial charge in [0.1, 0.15) is 0 Å². The average molecular weight is 326 g/mol. The number of aryl methyl sites for hydroxylation is 1. The van der Waals surface area contributed by atoms with Crippen LogP contribution in [0.2, 0.25) is 0 Å². The molecule has 2 heterocycles. The first kappa shape index (κ1) is 15.3. The molecule has 3 unspecified atom stereocenters. The molecule has 1 saturated heterocycles. The molecule has 2 aliphatic rings. The van der Waals surface area contributed by atoms with Gasteiger partial charge in [-0.1, -0.05) is 6.42 Å². The second-order valence-electron chi connectivity index (χ2n) is 7.17. The first-order valence-corrected chi connectivity index (χ1v) is 8.59. The summed E-state index contributed by atoms with van der Waals surface area (Å²) in [7, 11) is 0. The SMILES string of the molecule is Cc1cc(N2CC3CCCC(N)C3C2)c2cc([N+](=O)[O-])ccc2n1. The van der Waals surface area contributed by atoms with Gasteiger partial charge in [-0.15, -0.1) is 0 Å². The van der Waals surface area contributed by atoms with Crippen molar-refractivity contribution in [1.82, 2.24) is 4.98 Å². The van der Waals surface area contributed by atoms with E-state index in [-0.39, 0.29) is 16.7 Å². The molecular weight excluding hydrogens is 304 g/mol. The van der Waals surface area contributed by atoms with E-state index in [1.807, 2.05) is 6.92 Å². The number of hydrogen-bond acceptors (Lipinski definition) is 5. The van der Waals surface area contributed by atoms with Crippen LogP contribution in [0, 0.1) is 28.9 Å². The number of nitro groups is 1. The molecule has 2 fully saturated rings. The van der Waals surface area contributed by atoms with Gasteiger partial charge in [-0.25, -0.2) is 0 Å². The topological polar surface area (TPSA) is 85.3 Å². The van der Waals surface area contributed by atoms with Gasteiger partial charge in [0.25, 0.3) is 5.69 Å². The van der Waals surface area contributed by atoms with Gasteiger partial charge in [0.15, 0.2) is 0 Å². The van der Waals surface area contributed by atoms with Crippen LogP contribution in [0.15, 0.2) is 24.3 Å². The molecular formula is C18H22N4O2. The Morgan fingerprint density at radius 1 is 1.29 bits per heavy atom. The van der Waals surface area contributed by atoms with Crippen LogP contribution in [0.4, 0.5) is 11.4 Å². The predicted octanol–water partition coefficient (Wildman–Crippen LogP) is 3.02. The van der Waals surface area contributed by atoms with Gasteiger partial charge in [-0.3, -0.25) is 15.1 Å². The molecule has 0 bridgehead atoms. The standard InChI is InChI=1S/C18H22N4O2/c1-11-7-18(14-8-13(22(23)24)5-6-17(14)20-11)21-9-12-3-2-4-16(19)15(12)10-21/h5-8,12,15-16H,2-4,9-10,19H2,1H3. The molecule has 1 aromatic carbocycles. The number of benzene rings is 1. The lowest BCUT2D eigenvalue weighted by Crippen LogP contribution is -2.38. The number of rotatable bonds is 2. The summed E-state index contributed by atoms with van der Waals surface area (Å²) in [6.07, 6.45) is 3.55. The Morgan fingerprint density at radius 3 is 2.88 bits per heavy atom. The van der Waals surface area contributed by atoms with Crippen LogP contribution in [-0.4, -0.2) is 29.0 Å². The zero-order valence-corrected chi connectivity index (χ0v) is 13.8. The van der Waals surface area contributed by atoms with Crippen LogP contribution in [0.3, 0.4) is 0 Å². The van der Waals surface area contributed by atoms with Gasteiger partial charge < -0.3 is 10.6 Å². The van der Waals surface area contributed by atoms with E-state index in [0.717, 1.165) is 41.8 Å². The van der Waals surface area contributed by atoms with E-state index in [1.54, 1.807) is 12.1 Å². The van der Waals surface area contributed by atoms with Crippen molar-refractivity contribution in [2.45, 2.75) is 32.2 Å². The second kappa shape index (κ2) is 5.70. The summed E-state index contributed by atoms with van der Waals surface area (Å²) in [4.78, 5) is 17.7. The molecule has 2 aromatic rings. The third-order valence-corrected chi connectivity index (χ3v) is 5.60. The highest BCUT2D eigenvalue weighted by molar-refractivity contribution is 5.93. The van der Waals surface area contributed by atoms with Crippen LogP contribution in [-0.2, 0) is 0 Å². The van der Waals surface area contributed by atoms with E-state index in [0.29, 0.717) is 11.8 Å². The number of aromatic nitrogens is 1. The molecule has 6 heteroatoms. The quantitative estimate of drug-likeness (QED) is 0.677. The molecule has 1 aliphatic heterocycles. The fraction of sp³-hybridized carbons (Fsp3) is 0.500. The molecule has 0 amide bonds. The molecule has 6 nitrogen and oxygen atoms in total. The van der Waals surface area contributed by atoms with Crippen molar-refractivity contribution in [1.29, 1.82) is 0 Å². The monoisotopic (exact) mass is 326 g/mol. The van der Waals surface area contributed by atoms with E-state index in [2.05, 4.69) is 16.0 Å². The van der Waals surface area contributed by atoms with Crippen LogP contribution in [0.1, 0.15) is 25.0 Å². The van der Waals surface area contributed by atoms with Gasteiger partial charge in [-0.05, 0) is 43.7 Å². The Hall–Kier alpha value is -2.21. The lowest BCUT2D eigenvalue weighted by Gasteiger charge is -2.29. The molecule has 1 aliphatic carbocycles. The molecule has 3 atom stereocenters. The van der Waals surface area contributed by atoms with Crippen molar-refractivity contribution in [3.05, 3.63) is 40.1 Å². The lowest BCUT2D eigenvalue weighted by molar-refractivity contribution is -0.384. The molecule has 1 aromatic heterocycles. The van der Waals surface area contributed by atoms with Crippen molar-refractivity contribution < 1.29 is 4.92 Å². The number of anilines is 1. The first-order valence-electron chi connectivity index (χ1n) is 8.59. The summed E-state index contributed by atoms with van der Waals surface area (Å²) in [5, 5.41) is 12.0. The number of non-ortho nitro benzene ring substituents is 1. The van der Waals surface area contributed by atoms with Crippen molar-refractivity contribution in [3.63, 3.8) is 0 Å². The normalized spacial score (nSPS) is 26.6. The highest BCUT2D eigenvalue weighted by Crippen LogP contribution is 2.40. The number of nitrogens with zero attached hydrogens (tertiary/aromatic N) is 3. The zero-order chi connectivity index (χ0) is 16.8. The highest BCUT2D eigenvalue weighted by atomic mass is 16.6. The Kier molecular flexibility index (Phi) is 3.64. The van der Waals surface area contributed by atoms with Crippen LogP contribution >= 0.6 is 0 Å². The van der Waals surface area contributed by atoms with E-state index in [4.69, 9.17) is 5.73 Å². The fourth-order valence-electron chi connectivity index (χ4n) is 4.41. The van der Waals surface area contributed by atoms with E-state index in [1.165, 1.54) is 18.9 Å². The molecule has 24 heavy (non-hydrogen) atoms. The molecule has 1 saturated carbocycles. The van der Waals surface area contributed by atoms with E-state index in [9.17, 15) is 10.1 Å². The molecule has 0 spiro atoms. The molecule has 0 radical (unpaired) electrons. The number of fused-ring (bicyclic) bond motifs is 2. The first-order chi connectivity index (χ1) is 11.5. The molecule has 4 rings (SSSR count). The Bertz CT molecular complexity index is 807. The van der Waals surface area contributed by atoms with Crippen LogP contribution in [0.5, 0.6) is 0 Å². The summed E-state index contributed by atoms with van der Waals surface area (Å²) in [5.41, 5.74) is 9.26. The minimum atomic E-state index is -0.344. The number of hydrogen-bond donors (Lipinski definition) is 1. The summed E-state index contributed by atoms with van der Waals surface area (Å²) >= 11 is 0. The van der Waals surface area contributed by atoms with Gasteiger partial charge in [0.05, 0.1) is 10.4 Å². The van der Waals surface area contributed by atoms with Gasteiger partial charge >= 0.3 is 0 Å². The number of nitro benzene ring substituents is 1. The third-order valence-electron chi connectivity index (χ3n) is 5.60. The zero-order valence-electron chi connectivity index (χ0n) is 13.8. The minimum Gasteiger partial charge on any atom is -0.370 e. The maximum Gasteiger partial charge on any atom is 0.270 e. The van der Waals surface area contributed by atoms with E-state index >= 15 is 0 Å². The Labute approximate surface area is 140 Å². The van der Waals surface area contributed by atoms with Gasteiger partial charge in [0.2, 0.25) is 0 Å². The third kappa shape index (κ3) is 2.51. The van der Waals surface area contributed by atoms with Gasteiger partial charge in [-0.2, -0.15) is 0 Å². The van der Waals surface area contributed by atoms with Crippen molar-refractivity contribution in [3.8, 4) is 0 Å². The largest absolute Gasteiger partial charge is 0.370 e.